The molecule has 1 aliphatic heterocycles. The summed E-state index contributed by atoms with van der Waals surface area (Å²) in [6.45, 7) is 1.66. The lowest BCUT2D eigenvalue weighted by molar-refractivity contribution is 0.630. The summed E-state index contributed by atoms with van der Waals surface area (Å²) in [6.07, 6.45) is 1.07. The molecule has 0 amide bonds. The molecule has 1 heterocycles. The van der Waals surface area contributed by atoms with Crippen molar-refractivity contribution in [3.8, 4) is 0 Å². The molecule has 4 heteroatoms. The Morgan fingerprint density at radius 1 is 1.25 bits per heavy atom. The van der Waals surface area contributed by atoms with Gasteiger partial charge in [0, 0.05) is 30.8 Å². The zero-order chi connectivity index (χ0) is 14.1. The first kappa shape index (κ1) is 13.3. The highest BCUT2D eigenvalue weighted by Gasteiger charge is 2.15. The molecule has 0 radical (unpaired) electrons. The number of benzene rings is 2. The van der Waals surface area contributed by atoms with Gasteiger partial charge in [0.05, 0.1) is 5.69 Å². The Labute approximate surface area is 123 Å². The first-order valence-corrected chi connectivity index (χ1v) is 7.03. The Balaban J connectivity index is 1.74. The molecule has 2 nitrogen and oxygen atoms in total. The van der Waals surface area contributed by atoms with Crippen LogP contribution in [0, 0.1) is 5.82 Å². The lowest BCUT2D eigenvalue weighted by Crippen LogP contribution is -2.12. The number of likely N-dealkylation sites (N-methyl/N-ethyl adjacent to an activating group) is 1. The van der Waals surface area contributed by atoms with E-state index in [1.807, 2.05) is 0 Å². The quantitative estimate of drug-likeness (QED) is 0.916. The molecule has 0 aliphatic carbocycles. The fourth-order valence-electron chi connectivity index (χ4n) is 2.56. The topological polar surface area (TPSA) is 15.3 Å². The van der Waals surface area contributed by atoms with Gasteiger partial charge in [-0.3, -0.25) is 0 Å². The van der Waals surface area contributed by atoms with Crippen molar-refractivity contribution in [2.24, 2.45) is 0 Å². The number of rotatable bonds is 3. The standard InChI is InChI=1S/C16H16ClFN2/c1-20-7-6-12-8-11(2-5-16(12)20)10-19-15-9-13(17)3-4-14(15)18/h2-5,8-9,19H,6-7,10H2,1H3. The molecule has 3 rings (SSSR count). The van der Waals surface area contributed by atoms with Gasteiger partial charge in [-0.05, 0) is 41.8 Å². The molecule has 0 unspecified atom stereocenters. The van der Waals surface area contributed by atoms with Crippen molar-refractivity contribution in [1.82, 2.24) is 0 Å². The highest BCUT2D eigenvalue weighted by molar-refractivity contribution is 6.30. The van der Waals surface area contributed by atoms with Crippen molar-refractivity contribution >= 4 is 23.0 Å². The molecule has 1 aliphatic rings. The first-order valence-electron chi connectivity index (χ1n) is 6.65. The highest BCUT2D eigenvalue weighted by atomic mass is 35.5. The molecular formula is C16H16ClFN2. The predicted molar refractivity (Wildman–Crippen MR) is 82.2 cm³/mol. The maximum absolute atomic E-state index is 13.6. The van der Waals surface area contributed by atoms with Gasteiger partial charge in [0.25, 0.3) is 0 Å². The summed E-state index contributed by atoms with van der Waals surface area (Å²) in [5.74, 6) is -0.282. The SMILES string of the molecule is CN1CCc2cc(CNc3cc(Cl)ccc3F)ccc21. The second-order valence-corrected chi connectivity index (χ2v) is 5.55. The van der Waals surface area contributed by atoms with Crippen LogP contribution in [-0.2, 0) is 13.0 Å². The number of anilines is 2. The average Bonchev–Trinajstić information content (AvgIpc) is 2.81. The molecule has 0 atom stereocenters. The van der Waals surface area contributed by atoms with Crippen LogP contribution < -0.4 is 10.2 Å². The van der Waals surface area contributed by atoms with E-state index in [1.165, 1.54) is 17.3 Å². The van der Waals surface area contributed by atoms with E-state index >= 15 is 0 Å². The maximum Gasteiger partial charge on any atom is 0.146 e. The van der Waals surface area contributed by atoms with Crippen molar-refractivity contribution in [3.63, 3.8) is 0 Å². The van der Waals surface area contributed by atoms with E-state index in [1.54, 1.807) is 12.1 Å². The number of nitrogens with one attached hydrogen (secondary N) is 1. The number of hydrogen-bond acceptors (Lipinski definition) is 2. The molecule has 1 N–H and O–H groups in total. The van der Waals surface area contributed by atoms with Crippen molar-refractivity contribution in [2.75, 3.05) is 23.8 Å². The molecule has 104 valence electrons. The van der Waals surface area contributed by atoms with Gasteiger partial charge in [0.15, 0.2) is 0 Å². The Morgan fingerprint density at radius 2 is 2.10 bits per heavy atom. The maximum atomic E-state index is 13.6. The van der Waals surface area contributed by atoms with E-state index in [4.69, 9.17) is 11.6 Å². The lowest BCUT2D eigenvalue weighted by Gasteiger charge is -2.13. The van der Waals surface area contributed by atoms with Crippen molar-refractivity contribution in [2.45, 2.75) is 13.0 Å². The first-order chi connectivity index (χ1) is 9.63. The molecule has 0 aromatic heterocycles. The summed E-state index contributed by atoms with van der Waals surface area (Å²) in [4.78, 5) is 2.25. The van der Waals surface area contributed by atoms with E-state index in [2.05, 4.69) is 35.5 Å². The van der Waals surface area contributed by atoms with Gasteiger partial charge < -0.3 is 10.2 Å². The number of halogens is 2. The van der Waals surface area contributed by atoms with Crippen LogP contribution in [-0.4, -0.2) is 13.6 Å². The van der Waals surface area contributed by atoms with Crippen LogP contribution >= 0.6 is 11.6 Å². The molecule has 0 bridgehead atoms. The molecule has 20 heavy (non-hydrogen) atoms. The van der Waals surface area contributed by atoms with Crippen molar-refractivity contribution in [3.05, 3.63) is 58.4 Å². The van der Waals surface area contributed by atoms with Crippen LogP contribution in [0.1, 0.15) is 11.1 Å². The smallest absolute Gasteiger partial charge is 0.146 e. The molecule has 0 spiro atoms. The third-order valence-corrected chi connectivity index (χ3v) is 3.92. The van der Waals surface area contributed by atoms with Gasteiger partial charge in [-0.2, -0.15) is 0 Å². The fourth-order valence-corrected chi connectivity index (χ4v) is 2.73. The van der Waals surface area contributed by atoms with Gasteiger partial charge in [0.1, 0.15) is 5.82 Å². The zero-order valence-corrected chi connectivity index (χ0v) is 12.0. The summed E-state index contributed by atoms with van der Waals surface area (Å²) >= 11 is 5.88. The van der Waals surface area contributed by atoms with E-state index in [9.17, 15) is 4.39 Å². The lowest BCUT2D eigenvalue weighted by atomic mass is 10.1. The Morgan fingerprint density at radius 3 is 2.95 bits per heavy atom. The van der Waals surface area contributed by atoms with Gasteiger partial charge in [-0.15, -0.1) is 0 Å². The Hall–Kier alpha value is -1.74. The monoisotopic (exact) mass is 290 g/mol. The minimum absolute atomic E-state index is 0.282. The van der Waals surface area contributed by atoms with Gasteiger partial charge in [-0.25, -0.2) is 4.39 Å². The minimum atomic E-state index is -0.282. The average molecular weight is 291 g/mol. The molecule has 0 saturated heterocycles. The van der Waals surface area contributed by atoms with Gasteiger partial charge >= 0.3 is 0 Å². The third-order valence-electron chi connectivity index (χ3n) is 3.68. The third kappa shape index (κ3) is 2.59. The summed E-state index contributed by atoms with van der Waals surface area (Å²) in [6, 6.07) is 10.9. The zero-order valence-electron chi connectivity index (χ0n) is 11.3. The van der Waals surface area contributed by atoms with Crippen LogP contribution in [0.4, 0.5) is 15.8 Å². The fraction of sp³-hybridized carbons (Fsp3) is 0.250. The summed E-state index contributed by atoms with van der Waals surface area (Å²) in [5.41, 5.74) is 4.24. The number of hydrogen-bond donors (Lipinski definition) is 1. The predicted octanol–water partition coefficient (Wildman–Crippen LogP) is 4.08. The van der Waals surface area contributed by atoms with Crippen LogP contribution in [0.3, 0.4) is 0 Å². The van der Waals surface area contributed by atoms with E-state index < -0.39 is 0 Å². The van der Waals surface area contributed by atoms with Gasteiger partial charge in [-0.1, -0.05) is 23.7 Å². The number of nitrogens with zero attached hydrogens (tertiary/aromatic N) is 1. The van der Waals surface area contributed by atoms with Crippen LogP contribution in [0.15, 0.2) is 36.4 Å². The van der Waals surface area contributed by atoms with Crippen molar-refractivity contribution in [1.29, 1.82) is 0 Å². The summed E-state index contributed by atoms with van der Waals surface area (Å²) < 4.78 is 13.6. The Kier molecular flexibility index (Phi) is 3.53. The largest absolute Gasteiger partial charge is 0.379 e. The molecule has 2 aromatic carbocycles. The van der Waals surface area contributed by atoms with Crippen molar-refractivity contribution < 1.29 is 4.39 Å². The second kappa shape index (κ2) is 5.33. The number of fused-ring (bicyclic) bond motifs is 1. The molecule has 2 aromatic rings. The van der Waals surface area contributed by atoms with Crippen LogP contribution in [0.2, 0.25) is 5.02 Å². The minimum Gasteiger partial charge on any atom is -0.379 e. The molecule has 0 fully saturated rings. The summed E-state index contributed by atoms with van der Waals surface area (Å²) in [7, 11) is 2.10. The molecular weight excluding hydrogens is 275 g/mol. The van der Waals surface area contributed by atoms with Gasteiger partial charge in [0.2, 0.25) is 0 Å². The molecule has 0 saturated carbocycles. The normalized spacial score (nSPS) is 13.4. The van der Waals surface area contributed by atoms with E-state index in [0.29, 0.717) is 17.3 Å². The highest BCUT2D eigenvalue weighted by Crippen LogP contribution is 2.28. The second-order valence-electron chi connectivity index (χ2n) is 5.11. The van der Waals surface area contributed by atoms with Crippen LogP contribution in [0.5, 0.6) is 0 Å². The Bertz CT molecular complexity index is 642. The summed E-state index contributed by atoms with van der Waals surface area (Å²) in [5, 5.41) is 3.63. The van der Waals surface area contributed by atoms with E-state index in [-0.39, 0.29) is 5.82 Å². The van der Waals surface area contributed by atoms with Crippen LogP contribution in [0.25, 0.3) is 0 Å². The van der Waals surface area contributed by atoms with E-state index in [0.717, 1.165) is 18.5 Å².